The van der Waals surface area contributed by atoms with Gasteiger partial charge in [0.05, 0.1) is 43.1 Å². The Hall–Kier alpha value is -5.89. The van der Waals surface area contributed by atoms with Crippen LogP contribution < -0.4 is 27.4 Å². The number of likely N-dealkylation sites (tertiary alicyclic amines) is 1. The molecule has 5 aromatic rings. The fourth-order valence-corrected chi connectivity index (χ4v) is 9.04. The Morgan fingerprint density at radius 3 is 2.37 bits per heavy atom. The summed E-state index contributed by atoms with van der Waals surface area (Å²) in [5, 5.41) is 21.4. The SMILES string of the molecule is CC(C)(C)NC(=O)[C@@H]1C[C@@H]2CCCC[C@@H]2CN1C[C@@H](O)[C@H](Cc1ccccc1)NC(=O)[C@H](CC(N)=O)NC(=O)c1ccc2ccccc2n1.Nc1ncnc2c1ncn2CCOCP(=O)(O)O. The number of nitrogens with zero attached hydrogens (tertiary/aromatic N) is 6. The number of hydrogen-bond donors (Lipinski definition) is 8. The maximum atomic E-state index is 13.8. The molecule has 3 aromatic heterocycles. The van der Waals surface area contributed by atoms with Gasteiger partial charge in [-0.1, -0.05) is 73.9 Å². The van der Waals surface area contributed by atoms with Crippen molar-refractivity contribution < 1.29 is 43.4 Å². The molecule has 0 spiro atoms. The Bertz CT molecular complexity index is 2530. The van der Waals surface area contributed by atoms with Crippen LogP contribution >= 0.6 is 7.60 Å². The minimum atomic E-state index is -4.12. The van der Waals surface area contributed by atoms with E-state index >= 15 is 0 Å². The molecule has 1 aliphatic carbocycles. The molecule has 6 atom stereocenters. The fourth-order valence-electron chi connectivity index (χ4n) is 8.67. The quantitative estimate of drug-likeness (QED) is 0.0491. The molecule has 4 amide bonds. The fraction of sp³-hybridized carbons (Fsp3) is 0.478. The van der Waals surface area contributed by atoms with Crippen molar-refractivity contribution in [2.24, 2.45) is 17.6 Å². The van der Waals surface area contributed by atoms with E-state index in [9.17, 15) is 28.8 Å². The van der Waals surface area contributed by atoms with Gasteiger partial charge in [0, 0.05) is 30.6 Å². The molecule has 67 heavy (non-hydrogen) atoms. The number of nitrogens with one attached hydrogen (secondary N) is 3. The molecular formula is C46H62N11O9P. The number of ether oxygens (including phenoxy) is 1. The predicted octanol–water partition coefficient (Wildman–Crippen LogP) is 2.65. The Balaban J connectivity index is 0.000000343. The summed E-state index contributed by atoms with van der Waals surface area (Å²) in [7, 11) is -4.12. The van der Waals surface area contributed by atoms with Crippen LogP contribution in [0.4, 0.5) is 5.82 Å². The zero-order valence-corrected chi connectivity index (χ0v) is 38.9. The van der Waals surface area contributed by atoms with Crippen LogP contribution in [0.1, 0.15) is 75.3 Å². The van der Waals surface area contributed by atoms with E-state index < -0.39 is 67.9 Å². The summed E-state index contributed by atoms with van der Waals surface area (Å²) >= 11 is 0. The highest BCUT2D eigenvalue weighted by atomic mass is 31.2. The third-order valence-electron chi connectivity index (χ3n) is 11.8. The second kappa shape index (κ2) is 22.7. The van der Waals surface area contributed by atoms with Gasteiger partial charge in [-0.15, -0.1) is 0 Å². The zero-order valence-electron chi connectivity index (χ0n) is 38.0. The average molecular weight is 944 g/mol. The monoisotopic (exact) mass is 943 g/mol. The Kier molecular flexibility index (Phi) is 17.1. The van der Waals surface area contributed by atoms with Gasteiger partial charge in [0.25, 0.3) is 5.91 Å². The topological polar surface area (TPSA) is 303 Å². The minimum Gasteiger partial charge on any atom is -0.390 e. The van der Waals surface area contributed by atoms with Crippen molar-refractivity contribution >= 4 is 59.1 Å². The molecule has 0 bridgehead atoms. The molecule has 1 aliphatic heterocycles. The summed E-state index contributed by atoms with van der Waals surface area (Å²) in [5.41, 5.74) is 13.4. The number of rotatable bonds is 17. The first-order valence-corrected chi connectivity index (χ1v) is 24.2. The number of fused-ring (bicyclic) bond motifs is 3. The summed E-state index contributed by atoms with van der Waals surface area (Å²) < 4.78 is 17.1. The lowest BCUT2D eigenvalue weighted by atomic mass is 9.72. The van der Waals surface area contributed by atoms with Crippen LogP contribution in [0.2, 0.25) is 0 Å². The van der Waals surface area contributed by atoms with Crippen molar-refractivity contribution in [1.29, 1.82) is 0 Å². The molecule has 2 fully saturated rings. The van der Waals surface area contributed by atoms with Gasteiger partial charge >= 0.3 is 7.60 Å². The predicted molar refractivity (Wildman–Crippen MR) is 251 cm³/mol. The first-order chi connectivity index (χ1) is 31.8. The number of nitrogen functional groups attached to an aromatic ring is 1. The van der Waals surface area contributed by atoms with Crippen molar-refractivity contribution in [2.45, 2.75) is 102 Å². The third-order valence-corrected chi connectivity index (χ3v) is 12.4. The van der Waals surface area contributed by atoms with Crippen molar-refractivity contribution in [3.05, 3.63) is 90.6 Å². The van der Waals surface area contributed by atoms with Crippen molar-refractivity contribution in [2.75, 3.05) is 31.8 Å². The third kappa shape index (κ3) is 14.8. The summed E-state index contributed by atoms with van der Waals surface area (Å²) in [6, 6.07) is 17.6. The van der Waals surface area contributed by atoms with E-state index in [-0.39, 0.29) is 37.0 Å². The van der Waals surface area contributed by atoms with Crippen molar-refractivity contribution in [3.8, 4) is 0 Å². The summed E-state index contributed by atoms with van der Waals surface area (Å²) in [6.45, 7) is 7.23. The van der Waals surface area contributed by atoms with E-state index in [1.165, 1.54) is 19.1 Å². The van der Waals surface area contributed by atoms with E-state index in [0.717, 1.165) is 36.6 Å². The standard InChI is InChI=1S/C38H50N6O5.C8H12N5O4P/c1-38(2,3)43-37(49)32-20-26-14-7-8-15-27(26)22-44(32)23-33(45)30(19-24-11-5-4-6-12-24)41-36(48)31(21-34(39)46)42-35(47)29-18-17-25-13-9-10-16-28(25)40-29;9-7-6-8(11-3-10-7)13(4-12-6)1-2-17-5-18(14,15)16/h4-6,9-13,16-18,26-27,30-33,45H,7-8,14-15,19-23H2,1-3H3,(H2,39,46)(H,41,48)(H,42,47)(H,43,49);3-4H,1-2,5H2,(H2,9,10,11)(H2,14,15,16)/t26-,27+,30-,31-,32-,33+;/m0./s1. The van der Waals surface area contributed by atoms with Gasteiger partial charge in [0.15, 0.2) is 11.5 Å². The van der Waals surface area contributed by atoms with Gasteiger partial charge < -0.3 is 51.6 Å². The maximum Gasteiger partial charge on any atom is 0.350 e. The number of aliphatic hydroxyl groups is 1. The summed E-state index contributed by atoms with van der Waals surface area (Å²) in [5.74, 6) is -0.908. The van der Waals surface area contributed by atoms with Gasteiger partial charge in [0.2, 0.25) is 17.7 Å². The molecule has 1 saturated heterocycles. The number of primary amides is 1. The normalized spacial score (nSPS) is 19.0. The molecule has 360 valence electrons. The average Bonchev–Trinajstić information content (AvgIpc) is 3.70. The molecule has 4 heterocycles. The van der Waals surface area contributed by atoms with Crippen LogP contribution in [-0.2, 0) is 36.7 Å². The molecule has 2 aromatic carbocycles. The minimum absolute atomic E-state index is 0.0566. The number of hydrogen-bond acceptors (Lipinski definition) is 13. The number of pyridine rings is 1. The van der Waals surface area contributed by atoms with E-state index in [4.69, 9.17) is 26.0 Å². The number of nitrogens with two attached hydrogens (primary N) is 2. The zero-order chi connectivity index (χ0) is 48.3. The van der Waals surface area contributed by atoms with Gasteiger partial charge in [-0.05, 0) is 69.6 Å². The highest BCUT2D eigenvalue weighted by Gasteiger charge is 2.42. The number of benzene rings is 2. The van der Waals surface area contributed by atoms with Crippen LogP contribution in [0.5, 0.6) is 0 Å². The molecular weight excluding hydrogens is 882 g/mol. The molecule has 1 saturated carbocycles. The number of aliphatic hydroxyl groups excluding tert-OH is 1. The van der Waals surface area contributed by atoms with Crippen molar-refractivity contribution in [1.82, 2.24) is 45.4 Å². The number of aromatic nitrogens is 5. The lowest BCUT2D eigenvalue weighted by molar-refractivity contribution is -0.133. The van der Waals surface area contributed by atoms with Crippen LogP contribution in [0.25, 0.3) is 22.1 Å². The van der Waals surface area contributed by atoms with Gasteiger partial charge in [-0.2, -0.15) is 0 Å². The van der Waals surface area contributed by atoms with E-state index in [1.54, 1.807) is 22.8 Å². The first kappa shape index (κ1) is 50.5. The van der Waals surface area contributed by atoms with Crippen LogP contribution in [0, 0.1) is 11.8 Å². The van der Waals surface area contributed by atoms with E-state index in [1.807, 2.05) is 69.3 Å². The van der Waals surface area contributed by atoms with Crippen LogP contribution in [-0.4, -0.2) is 124 Å². The van der Waals surface area contributed by atoms with E-state index in [0.29, 0.717) is 41.6 Å². The molecule has 21 heteroatoms. The number of para-hydroxylation sites is 1. The maximum absolute atomic E-state index is 13.8. The highest BCUT2D eigenvalue weighted by molar-refractivity contribution is 7.51. The lowest BCUT2D eigenvalue weighted by Gasteiger charge is -2.47. The molecule has 20 nitrogen and oxygen atoms in total. The van der Waals surface area contributed by atoms with Crippen molar-refractivity contribution in [3.63, 3.8) is 0 Å². The number of anilines is 1. The Morgan fingerprint density at radius 1 is 0.940 bits per heavy atom. The first-order valence-electron chi connectivity index (χ1n) is 22.4. The Morgan fingerprint density at radius 2 is 1.66 bits per heavy atom. The molecule has 0 unspecified atom stereocenters. The van der Waals surface area contributed by atoms with Crippen LogP contribution in [0.3, 0.4) is 0 Å². The smallest absolute Gasteiger partial charge is 0.350 e. The highest BCUT2D eigenvalue weighted by Crippen LogP contribution is 2.39. The number of piperidine rings is 1. The number of imidazole rings is 1. The number of carbonyl (C=O) groups is 4. The van der Waals surface area contributed by atoms with Gasteiger partial charge in [0.1, 0.15) is 29.9 Å². The van der Waals surface area contributed by atoms with Gasteiger partial charge in [-0.3, -0.25) is 28.6 Å². The van der Waals surface area contributed by atoms with Crippen LogP contribution in [0.15, 0.2) is 79.4 Å². The molecule has 2 aliphatic rings. The largest absolute Gasteiger partial charge is 0.390 e. The lowest BCUT2D eigenvalue weighted by Crippen LogP contribution is -2.61. The molecule has 0 radical (unpaired) electrons. The van der Waals surface area contributed by atoms with E-state index in [2.05, 4.69) is 40.8 Å². The number of carbonyl (C=O) groups excluding carboxylic acids is 4. The van der Waals surface area contributed by atoms with Gasteiger partial charge in [-0.25, -0.2) is 19.9 Å². The molecule has 10 N–H and O–H groups in total. The molecule has 7 rings (SSSR count). The second-order valence-corrected chi connectivity index (χ2v) is 19.9. The number of β-amino-alcohol motifs (C(OH)–C–C–N with tert-alkyl or cyclic N) is 1. The second-order valence-electron chi connectivity index (χ2n) is 18.3. The number of amides is 4. The summed E-state index contributed by atoms with van der Waals surface area (Å²) in [6.07, 6.45) is 6.28. The summed E-state index contributed by atoms with van der Waals surface area (Å²) in [4.78, 5) is 88.4. The Labute approximate surface area is 388 Å².